The number of amides is 1. The lowest BCUT2D eigenvalue weighted by Gasteiger charge is -2.40. The first-order valence-corrected chi connectivity index (χ1v) is 6.88. The summed E-state index contributed by atoms with van der Waals surface area (Å²) in [5.74, 6) is 0.0400. The molecule has 1 aromatic rings. The second-order valence-electron chi connectivity index (χ2n) is 5.37. The van der Waals surface area contributed by atoms with Gasteiger partial charge in [0.25, 0.3) is 5.91 Å². The van der Waals surface area contributed by atoms with E-state index in [1.807, 2.05) is 24.8 Å². The first-order valence-electron chi connectivity index (χ1n) is 6.88. The second kappa shape index (κ2) is 5.65. The van der Waals surface area contributed by atoms with Crippen LogP contribution in [-0.2, 0) is 0 Å². The number of likely N-dealkylation sites (tertiary alicyclic amines) is 1. The second-order valence-corrected chi connectivity index (χ2v) is 5.37. The lowest BCUT2D eigenvalue weighted by atomic mass is 9.95. The Hall–Kier alpha value is -1.49. The van der Waals surface area contributed by atoms with Gasteiger partial charge in [-0.15, -0.1) is 0 Å². The van der Waals surface area contributed by atoms with Crippen LogP contribution in [0.5, 0.6) is 0 Å². The number of hydrogen-bond acceptors (Lipinski definition) is 4. The molecule has 2 atom stereocenters. The number of carbonyl (C=O) groups excluding carboxylic acids is 1. The van der Waals surface area contributed by atoms with Gasteiger partial charge in [-0.25, -0.2) is 0 Å². The molecular formula is C14H22N4O. The molecule has 1 amide bonds. The quantitative estimate of drug-likeness (QED) is 0.875. The van der Waals surface area contributed by atoms with Crippen LogP contribution < -0.4 is 5.73 Å². The maximum absolute atomic E-state index is 12.8. The Balaban J connectivity index is 2.33. The van der Waals surface area contributed by atoms with Gasteiger partial charge in [0.15, 0.2) is 0 Å². The molecule has 2 rings (SSSR count). The Bertz CT molecular complexity index is 475. The number of nitrogens with two attached hydrogens (primary N) is 1. The van der Waals surface area contributed by atoms with Gasteiger partial charge >= 0.3 is 0 Å². The van der Waals surface area contributed by atoms with Crippen LogP contribution in [0.3, 0.4) is 0 Å². The highest BCUT2D eigenvalue weighted by Gasteiger charge is 2.32. The molecule has 1 aromatic heterocycles. The van der Waals surface area contributed by atoms with E-state index in [0.717, 1.165) is 25.0 Å². The number of carbonyl (C=O) groups is 1. The molecule has 1 fully saturated rings. The van der Waals surface area contributed by atoms with Gasteiger partial charge in [-0.05, 0) is 46.1 Å². The Morgan fingerprint density at radius 2 is 2.16 bits per heavy atom. The highest BCUT2D eigenvalue weighted by molar-refractivity contribution is 5.95. The van der Waals surface area contributed by atoms with Crippen LogP contribution in [0.1, 0.15) is 47.9 Å². The third-order valence-corrected chi connectivity index (χ3v) is 3.87. The van der Waals surface area contributed by atoms with Gasteiger partial charge in [-0.3, -0.25) is 4.79 Å². The zero-order valence-electron chi connectivity index (χ0n) is 11.9. The molecule has 0 spiro atoms. The molecule has 5 nitrogen and oxygen atoms in total. The largest absolute Gasteiger partial charge is 0.332 e. The van der Waals surface area contributed by atoms with Gasteiger partial charge in [0.05, 0.1) is 17.0 Å². The molecule has 2 N–H and O–H groups in total. The maximum atomic E-state index is 12.8. The molecule has 104 valence electrons. The highest BCUT2D eigenvalue weighted by Crippen LogP contribution is 2.25. The average Bonchev–Trinajstić information content (AvgIpc) is 2.40. The summed E-state index contributed by atoms with van der Waals surface area (Å²) >= 11 is 0. The van der Waals surface area contributed by atoms with E-state index in [1.54, 1.807) is 0 Å². The van der Waals surface area contributed by atoms with Crippen LogP contribution >= 0.6 is 0 Å². The van der Waals surface area contributed by atoms with Crippen molar-refractivity contribution >= 4 is 5.91 Å². The van der Waals surface area contributed by atoms with E-state index >= 15 is 0 Å². The first-order chi connectivity index (χ1) is 9.04. The van der Waals surface area contributed by atoms with Gasteiger partial charge in [-0.1, -0.05) is 0 Å². The predicted octanol–water partition coefficient (Wildman–Crippen LogP) is 1.44. The van der Waals surface area contributed by atoms with Crippen LogP contribution in [0, 0.1) is 13.8 Å². The van der Waals surface area contributed by atoms with E-state index in [9.17, 15) is 4.79 Å². The monoisotopic (exact) mass is 262 g/mol. The van der Waals surface area contributed by atoms with E-state index in [2.05, 4.69) is 17.1 Å². The Morgan fingerprint density at radius 1 is 1.42 bits per heavy atom. The molecule has 2 unspecified atom stereocenters. The van der Waals surface area contributed by atoms with Gasteiger partial charge in [0.1, 0.15) is 0 Å². The summed E-state index contributed by atoms with van der Waals surface area (Å²) in [5.41, 5.74) is 7.92. The summed E-state index contributed by atoms with van der Waals surface area (Å²) in [6.45, 7) is 6.29. The van der Waals surface area contributed by atoms with Crippen LogP contribution in [0.4, 0.5) is 0 Å². The molecule has 1 saturated heterocycles. The highest BCUT2D eigenvalue weighted by atomic mass is 16.2. The Kier molecular flexibility index (Phi) is 4.14. The third-order valence-electron chi connectivity index (χ3n) is 3.87. The van der Waals surface area contributed by atoms with E-state index < -0.39 is 0 Å². The maximum Gasteiger partial charge on any atom is 0.256 e. The molecule has 19 heavy (non-hydrogen) atoms. The molecule has 1 aliphatic rings. The molecular weight excluding hydrogens is 240 g/mol. The number of aromatic nitrogens is 2. The Morgan fingerprint density at radius 3 is 2.84 bits per heavy atom. The Labute approximate surface area is 114 Å². The van der Waals surface area contributed by atoms with Gasteiger partial charge < -0.3 is 10.6 Å². The van der Waals surface area contributed by atoms with Crippen LogP contribution in [0.25, 0.3) is 0 Å². The summed E-state index contributed by atoms with van der Waals surface area (Å²) < 4.78 is 0. The fourth-order valence-corrected chi connectivity index (χ4v) is 2.79. The van der Waals surface area contributed by atoms with Gasteiger partial charge in [0.2, 0.25) is 0 Å². The topological polar surface area (TPSA) is 72.1 Å². The average molecular weight is 262 g/mol. The fraction of sp³-hybridized carbons (Fsp3) is 0.643. The molecule has 5 heteroatoms. The lowest BCUT2D eigenvalue weighted by Crippen LogP contribution is -2.52. The third kappa shape index (κ3) is 2.76. The van der Waals surface area contributed by atoms with Crippen molar-refractivity contribution < 1.29 is 4.79 Å². The predicted molar refractivity (Wildman–Crippen MR) is 73.8 cm³/mol. The number of hydrogen-bond donors (Lipinski definition) is 1. The van der Waals surface area contributed by atoms with Crippen molar-refractivity contribution in [2.75, 3.05) is 6.54 Å². The van der Waals surface area contributed by atoms with Crippen LogP contribution in [-0.4, -0.2) is 39.6 Å². The number of nitrogens with zero attached hydrogens (tertiary/aromatic N) is 3. The number of piperidine rings is 1. The summed E-state index contributed by atoms with van der Waals surface area (Å²) in [6.07, 6.45) is 3.17. The van der Waals surface area contributed by atoms with Gasteiger partial charge in [0, 0.05) is 18.6 Å². The van der Waals surface area contributed by atoms with E-state index in [4.69, 9.17) is 5.73 Å². The molecule has 0 bridgehead atoms. The van der Waals surface area contributed by atoms with E-state index in [0.29, 0.717) is 17.8 Å². The smallest absolute Gasteiger partial charge is 0.256 e. The van der Waals surface area contributed by atoms with Crippen molar-refractivity contribution in [3.8, 4) is 0 Å². The van der Waals surface area contributed by atoms with Crippen molar-refractivity contribution in [1.29, 1.82) is 0 Å². The standard InChI is InChI=1S/C14H22N4O/c1-9-7-13(11(3)17-16-9)14(19)18-10(2)5-4-6-12(18)8-15/h7,10,12H,4-6,8,15H2,1-3H3. The number of rotatable bonds is 2. The SMILES string of the molecule is Cc1cc(C(=O)N2C(C)CCCC2CN)c(C)nn1. The molecule has 0 radical (unpaired) electrons. The van der Waals surface area contributed by atoms with E-state index in [-0.39, 0.29) is 18.0 Å². The fourth-order valence-electron chi connectivity index (χ4n) is 2.79. The van der Waals surface area contributed by atoms with E-state index in [1.165, 1.54) is 0 Å². The normalized spacial score (nSPS) is 23.5. The molecule has 0 aliphatic carbocycles. The minimum absolute atomic E-state index is 0.0400. The summed E-state index contributed by atoms with van der Waals surface area (Å²) in [7, 11) is 0. The van der Waals surface area contributed by atoms with Crippen molar-refractivity contribution in [3.05, 3.63) is 23.0 Å². The lowest BCUT2D eigenvalue weighted by molar-refractivity contribution is 0.0492. The first kappa shape index (κ1) is 13.9. The summed E-state index contributed by atoms with van der Waals surface area (Å²) in [6, 6.07) is 2.20. The molecule has 1 aliphatic heterocycles. The van der Waals surface area contributed by atoms with Crippen LogP contribution in [0.2, 0.25) is 0 Å². The molecule has 2 heterocycles. The summed E-state index contributed by atoms with van der Waals surface area (Å²) in [5, 5.41) is 8.02. The minimum Gasteiger partial charge on any atom is -0.332 e. The molecule has 0 aromatic carbocycles. The zero-order chi connectivity index (χ0) is 14.0. The van der Waals surface area contributed by atoms with Crippen molar-refractivity contribution in [3.63, 3.8) is 0 Å². The molecule has 0 saturated carbocycles. The van der Waals surface area contributed by atoms with Gasteiger partial charge in [-0.2, -0.15) is 10.2 Å². The minimum atomic E-state index is 0.0400. The van der Waals surface area contributed by atoms with Crippen molar-refractivity contribution in [2.24, 2.45) is 5.73 Å². The summed E-state index contributed by atoms with van der Waals surface area (Å²) in [4.78, 5) is 14.7. The number of aryl methyl sites for hydroxylation is 2. The zero-order valence-corrected chi connectivity index (χ0v) is 11.9. The van der Waals surface area contributed by atoms with Crippen molar-refractivity contribution in [2.45, 2.75) is 52.1 Å². The van der Waals surface area contributed by atoms with Crippen LogP contribution in [0.15, 0.2) is 6.07 Å². The van der Waals surface area contributed by atoms with Crippen molar-refractivity contribution in [1.82, 2.24) is 15.1 Å².